The maximum absolute atomic E-state index is 2.25. The first kappa shape index (κ1) is 9.74. The highest BCUT2D eigenvalue weighted by Gasteiger charge is 1.91. The van der Waals surface area contributed by atoms with Crippen molar-refractivity contribution in [3.8, 4) is 0 Å². The minimum atomic E-state index is 1.30. The van der Waals surface area contributed by atoms with Gasteiger partial charge in [0.1, 0.15) is 0 Å². The van der Waals surface area contributed by atoms with Crippen LogP contribution in [0.25, 0.3) is 0 Å². The average molecular weight is 140 g/mol. The Hall–Kier alpha value is -0.260. The molecule has 10 heavy (non-hydrogen) atoms. The van der Waals surface area contributed by atoms with Crippen molar-refractivity contribution in [2.75, 3.05) is 0 Å². The topological polar surface area (TPSA) is 0 Å². The molecule has 0 atom stereocenters. The molecule has 0 aliphatic carbocycles. The van der Waals surface area contributed by atoms with E-state index in [1.807, 2.05) is 0 Å². The molecule has 0 spiro atoms. The van der Waals surface area contributed by atoms with Crippen molar-refractivity contribution in [1.29, 1.82) is 0 Å². The largest absolute Gasteiger partial charge is 0.0775 e. The highest BCUT2D eigenvalue weighted by molar-refractivity contribution is 5.06. The van der Waals surface area contributed by atoms with Crippen LogP contribution in [0, 0.1) is 0 Å². The SMILES string of the molecule is CCCCCC(C)=C(C)C. The Morgan fingerprint density at radius 1 is 1.00 bits per heavy atom. The van der Waals surface area contributed by atoms with Crippen molar-refractivity contribution in [3.05, 3.63) is 11.1 Å². The summed E-state index contributed by atoms with van der Waals surface area (Å²) in [5.41, 5.74) is 3.07. The van der Waals surface area contributed by atoms with Crippen molar-refractivity contribution in [2.24, 2.45) is 0 Å². The molecule has 0 nitrogen and oxygen atoms in total. The first-order valence-corrected chi connectivity index (χ1v) is 4.31. The minimum Gasteiger partial charge on any atom is -0.0775 e. The van der Waals surface area contributed by atoms with Gasteiger partial charge in [0.15, 0.2) is 0 Å². The van der Waals surface area contributed by atoms with Crippen LogP contribution in [0.15, 0.2) is 11.1 Å². The van der Waals surface area contributed by atoms with Crippen molar-refractivity contribution >= 4 is 0 Å². The summed E-state index contributed by atoms with van der Waals surface area (Å²) in [6.45, 7) is 8.88. The summed E-state index contributed by atoms with van der Waals surface area (Å²) in [5, 5.41) is 0. The van der Waals surface area contributed by atoms with Gasteiger partial charge in [0.2, 0.25) is 0 Å². The van der Waals surface area contributed by atoms with Crippen LogP contribution in [-0.4, -0.2) is 0 Å². The van der Waals surface area contributed by atoms with Crippen LogP contribution in [-0.2, 0) is 0 Å². The lowest BCUT2D eigenvalue weighted by atomic mass is 10.1. The minimum absolute atomic E-state index is 1.30. The molecule has 0 aliphatic rings. The molecular weight excluding hydrogens is 120 g/mol. The lowest BCUT2D eigenvalue weighted by molar-refractivity contribution is 0.710. The first-order chi connectivity index (χ1) is 4.68. The molecule has 60 valence electrons. The molecule has 0 bridgehead atoms. The summed E-state index contributed by atoms with van der Waals surface area (Å²) in [6, 6.07) is 0. The van der Waals surface area contributed by atoms with Gasteiger partial charge in [-0.1, -0.05) is 30.9 Å². The number of hydrogen-bond acceptors (Lipinski definition) is 0. The second-order valence-corrected chi connectivity index (χ2v) is 3.24. The van der Waals surface area contributed by atoms with Gasteiger partial charge < -0.3 is 0 Å². The zero-order chi connectivity index (χ0) is 7.98. The molecule has 0 amide bonds. The van der Waals surface area contributed by atoms with Gasteiger partial charge in [-0.25, -0.2) is 0 Å². The lowest BCUT2D eigenvalue weighted by Gasteiger charge is -2.01. The van der Waals surface area contributed by atoms with Gasteiger partial charge in [-0.3, -0.25) is 0 Å². The maximum atomic E-state index is 2.25. The highest BCUT2D eigenvalue weighted by Crippen LogP contribution is 2.11. The Morgan fingerprint density at radius 2 is 1.60 bits per heavy atom. The van der Waals surface area contributed by atoms with Crippen molar-refractivity contribution in [3.63, 3.8) is 0 Å². The van der Waals surface area contributed by atoms with Crippen LogP contribution < -0.4 is 0 Å². The number of rotatable bonds is 4. The van der Waals surface area contributed by atoms with E-state index in [-0.39, 0.29) is 0 Å². The van der Waals surface area contributed by atoms with Crippen LogP contribution in [0.4, 0.5) is 0 Å². The molecule has 0 aromatic rings. The van der Waals surface area contributed by atoms with Gasteiger partial charge >= 0.3 is 0 Å². The Labute approximate surface area is 65.3 Å². The van der Waals surface area contributed by atoms with Gasteiger partial charge in [0, 0.05) is 0 Å². The normalized spacial score (nSPS) is 9.60. The molecule has 0 aromatic heterocycles. The van der Waals surface area contributed by atoms with Crippen molar-refractivity contribution in [1.82, 2.24) is 0 Å². The van der Waals surface area contributed by atoms with Gasteiger partial charge in [0.25, 0.3) is 0 Å². The van der Waals surface area contributed by atoms with Gasteiger partial charge in [-0.2, -0.15) is 0 Å². The molecule has 0 heterocycles. The van der Waals surface area contributed by atoms with E-state index < -0.39 is 0 Å². The smallest absolute Gasteiger partial charge is 0.0321 e. The highest BCUT2D eigenvalue weighted by atomic mass is 14.0. The second kappa shape index (κ2) is 5.52. The Bertz CT molecular complexity index is 105. The molecular formula is C10H20. The lowest BCUT2D eigenvalue weighted by Crippen LogP contribution is -1.81. The fraction of sp³-hybridized carbons (Fsp3) is 0.800. The van der Waals surface area contributed by atoms with Crippen molar-refractivity contribution in [2.45, 2.75) is 53.4 Å². The third-order valence-electron chi connectivity index (χ3n) is 2.01. The van der Waals surface area contributed by atoms with Gasteiger partial charge in [-0.15, -0.1) is 0 Å². The van der Waals surface area contributed by atoms with Gasteiger partial charge in [0.05, 0.1) is 0 Å². The summed E-state index contributed by atoms with van der Waals surface area (Å²) in [6.07, 6.45) is 5.38. The second-order valence-electron chi connectivity index (χ2n) is 3.24. The maximum Gasteiger partial charge on any atom is -0.0321 e. The van der Waals surface area contributed by atoms with E-state index in [4.69, 9.17) is 0 Å². The Morgan fingerprint density at radius 3 is 2.00 bits per heavy atom. The molecule has 0 rings (SSSR count). The summed E-state index contributed by atoms with van der Waals surface area (Å²) < 4.78 is 0. The van der Waals surface area contributed by atoms with Crippen molar-refractivity contribution < 1.29 is 0 Å². The molecule has 0 heteroatoms. The molecule has 0 saturated carbocycles. The predicted octanol–water partition coefficient (Wildman–Crippen LogP) is 3.92. The van der Waals surface area contributed by atoms with E-state index in [2.05, 4.69) is 27.7 Å². The van der Waals surface area contributed by atoms with E-state index in [1.165, 1.54) is 31.3 Å². The molecule has 0 aromatic carbocycles. The third kappa shape index (κ3) is 4.60. The zero-order valence-corrected chi connectivity index (χ0v) is 7.83. The van der Waals surface area contributed by atoms with Crippen LogP contribution in [0.2, 0.25) is 0 Å². The molecule has 0 radical (unpaired) electrons. The van der Waals surface area contributed by atoms with Crippen LogP contribution >= 0.6 is 0 Å². The summed E-state index contributed by atoms with van der Waals surface area (Å²) >= 11 is 0. The summed E-state index contributed by atoms with van der Waals surface area (Å²) in [5.74, 6) is 0. The summed E-state index contributed by atoms with van der Waals surface area (Å²) in [7, 11) is 0. The zero-order valence-electron chi connectivity index (χ0n) is 7.83. The third-order valence-corrected chi connectivity index (χ3v) is 2.01. The summed E-state index contributed by atoms with van der Waals surface area (Å²) in [4.78, 5) is 0. The number of allylic oxidation sites excluding steroid dienone is 2. The average Bonchev–Trinajstić information content (AvgIpc) is 1.88. The van der Waals surface area contributed by atoms with E-state index >= 15 is 0 Å². The Balaban J connectivity index is 3.40. The molecule has 0 unspecified atom stereocenters. The number of unbranched alkanes of at least 4 members (excludes halogenated alkanes) is 2. The van der Waals surface area contributed by atoms with E-state index in [9.17, 15) is 0 Å². The fourth-order valence-corrected chi connectivity index (χ4v) is 0.890. The van der Waals surface area contributed by atoms with Crippen LogP contribution in [0.5, 0.6) is 0 Å². The predicted molar refractivity (Wildman–Crippen MR) is 48.2 cm³/mol. The molecule has 0 aliphatic heterocycles. The molecule has 0 saturated heterocycles. The molecule has 0 N–H and O–H groups in total. The van der Waals surface area contributed by atoms with Crippen LogP contribution in [0.3, 0.4) is 0 Å². The standard InChI is InChI=1S/C10H20/c1-5-6-7-8-10(4)9(2)3/h5-8H2,1-4H3. The number of hydrogen-bond donors (Lipinski definition) is 0. The molecule has 0 fully saturated rings. The fourth-order valence-electron chi connectivity index (χ4n) is 0.890. The Kier molecular flexibility index (Phi) is 5.38. The van der Waals surface area contributed by atoms with Crippen LogP contribution in [0.1, 0.15) is 53.4 Å². The van der Waals surface area contributed by atoms with E-state index in [0.29, 0.717) is 0 Å². The van der Waals surface area contributed by atoms with Gasteiger partial charge in [-0.05, 0) is 33.6 Å². The van der Waals surface area contributed by atoms with E-state index in [1.54, 1.807) is 5.57 Å². The van der Waals surface area contributed by atoms with E-state index in [0.717, 1.165) is 0 Å². The quantitative estimate of drug-likeness (QED) is 0.410. The monoisotopic (exact) mass is 140 g/mol. The first-order valence-electron chi connectivity index (χ1n) is 4.31.